The van der Waals surface area contributed by atoms with Gasteiger partial charge in [-0.15, -0.1) is 11.3 Å². The fourth-order valence-electron chi connectivity index (χ4n) is 2.63. The predicted molar refractivity (Wildman–Crippen MR) is 101 cm³/mol. The van der Waals surface area contributed by atoms with Gasteiger partial charge in [-0.05, 0) is 35.7 Å². The fraction of sp³-hybridized carbons (Fsp3) is 0.200. The van der Waals surface area contributed by atoms with Crippen molar-refractivity contribution in [2.24, 2.45) is 0 Å². The van der Waals surface area contributed by atoms with E-state index in [1.165, 1.54) is 12.1 Å². The third-order valence-electron chi connectivity index (χ3n) is 3.90. The smallest absolute Gasteiger partial charge is 0.348 e. The molecule has 1 amide bonds. The molecule has 134 valence electrons. The number of hydrogen-bond acceptors (Lipinski definition) is 4. The van der Waals surface area contributed by atoms with Gasteiger partial charge in [0.05, 0.1) is 0 Å². The highest BCUT2D eigenvalue weighted by Crippen LogP contribution is 2.28. The number of ether oxygens (including phenoxy) is 1. The van der Waals surface area contributed by atoms with E-state index in [9.17, 15) is 14.0 Å². The highest BCUT2D eigenvalue weighted by molar-refractivity contribution is 7.20. The molecule has 4 nitrogen and oxygen atoms in total. The number of para-hydroxylation sites is 1. The van der Waals surface area contributed by atoms with E-state index in [4.69, 9.17) is 4.74 Å². The number of fused-ring (bicyclic) bond motifs is 1. The lowest BCUT2D eigenvalue weighted by Crippen LogP contribution is -2.21. The van der Waals surface area contributed by atoms with Crippen LogP contribution in [0.4, 0.5) is 10.1 Å². The lowest BCUT2D eigenvalue weighted by Gasteiger charge is -2.13. The molecule has 1 heterocycles. The van der Waals surface area contributed by atoms with Crippen molar-refractivity contribution in [1.82, 2.24) is 0 Å². The number of carbonyl (C=O) groups is 2. The number of anilines is 1. The molecule has 0 radical (unpaired) electrons. The molecular formula is C20H18FNO3S. The summed E-state index contributed by atoms with van der Waals surface area (Å²) in [4.78, 5) is 24.5. The van der Waals surface area contributed by atoms with Crippen molar-refractivity contribution in [3.05, 3.63) is 64.8 Å². The number of benzene rings is 2. The number of hydrogen-bond donors (Lipinski definition) is 1. The highest BCUT2D eigenvalue weighted by Gasteiger charge is 2.16. The summed E-state index contributed by atoms with van der Waals surface area (Å²) in [6.07, 6.45) is 0. The molecule has 0 aliphatic heterocycles. The van der Waals surface area contributed by atoms with Gasteiger partial charge < -0.3 is 10.1 Å². The van der Waals surface area contributed by atoms with Gasteiger partial charge in [-0.3, -0.25) is 4.79 Å². The Kier molecular flexibility index (Phi) is 5.32. The van der Waals surface area contributed by atoms with Crippen LogP contribution in [0.15, 0.2) is 48.5 Å². The molecule has 0 unspecified atom stereocenters. The lowest BCUT2D eigenvalue weighted by atomic mass is 10.0. The molecule has 0 saturated carbocycles. The molecular weight excluding hydrogens is 353 g/mol. The topological polar surface area (TPSA) is 55.4 Å². The number of thiophene rings is 1. The Morgan fingerprint density at radius 3 is 2.65 bits per heavy atom. The molecule has 3 rings (SSSR count). The first-order chi connectivity index (χ1) is 12.5. The molecule has 0 atom stereocenters. The molecule has 6 heteroatoms. The molecule has 0 spiro atoms. The van der Waals surface area contributed by atoms with Crippen molar-refractivity contribution >= 4 is 39.0 Å². The van der Waals surface area contributed by atoms with Gasteiger partial charge in [-0.2, -0.15) is 0 Å². The largest absolute Gasteiger partial charge is 0.451 e. The van der Waals surface area contributed by atoms with E-state index in [0.29, 0.717) is 15.8 Å². The zero-order chi connectivity index (χ0) is 18.7. The first-order valence-corrected chi connectivity index (χ1v) is 9.01. The van der Waals surface area contributed by atoms with Crippen molar-refractivity contribution in [3.63, 3.8) is 0 Å². The predicted octanol–water partition coefficient (Wildman–Crippen LogP) is 4.96. The van der Waals surface area contributed by atoms with E-state index >= 15 is 0 Å². The summed E-state index contributed by atoms with van der Waals surface area (Å²) in [6.45, 7) is 3.67. The Bertz CT molecular complexity index is 965. The van der Waals surface area contributed by atoms with Crippen LogP contribution in [-0.2, 0) is 9.53 Å². The van der Waals surface area contributed by atoms with Crippen LogP contribution in [0.2, 0.25) is 0 Å². The molecule has 0 aliphatic carbocycles. The maximum atomic E-state index is 13.7. The van der Waals surface area contributed by atoms with Gasteiger partial charge >= 0.3 is 5.97 Å². The maximum Gasteiger partial charge on any atom is 0.348 e. The Morgan fingerprint density at radius 2 is 1.92 bits per heavy atom. The third kappa shape index (κ3) is 3.91. The molecule has 0 bridgehead atoms. The van der Waals surface area contributed by atoms with Gasteiger partial charge in [-0.25, -0.2) is 9.18 Å². The molecule has 0 fully saturated rings. The average Bonchev–Trinajstić information content (AvgIpc) is 3.06. The number of amides is 1. The minimum absolute atomic E-state index is 0.252. The Labute approximate surface area is 154 Å². The summed E-state index contributed by atoms with van der Waals surface area (Å²) in [5.74, 6) is -1.19. The first-order valence-electron chi connectivity index (χ1n) is 8.19. The molecule has 0 aliphatic rings. The second-order valence-corrected chi connectivity index (χ2v) is 7.21. The van der Waals surface area contributed by atoms with Crippen molar-refractivity contribution in [2.75, 3.05) is 11.9 Å². The van der Waals surface area contributed by atoms with E-state index in [2.05, 4.69) is 5.32 Å². The van der Waals surface area contributed by atoms with Crippen molar-refractivity contribution in [2.45, 2.75) is 19.8 Å². The van der Waals surface area contributed by atoms with Gasteiger partial charge in [-0.1, -0.05) is 38.1 Å². The van der Waals surface area contributed by atoms with Crippen molar-refractivity contribution < 1.29 is 18.7 Å². The molecule has 2 aromatic carbocycles. The summed E-state index contributed by atoms with van der Waals surface area (Å²) in [5.41, 5.74) is 1.71. The second kappa shape index (κ2) is 7.66. The van der Waals surface area contributed by atoms with Gasteiger partial charge in [0.1, 0.15) is 10.7 Å². The summed E-state index contributed by atoms with van der Waals surface area (Å²) >= 11 is 1.14. The third-order valence-corrected chi connectivity index (χ3v) is 4.98. The molecule has 3 aromatic rings. The van der Waals surface area contributed by atoms with Crippen LogP contribution in [0.1, 0.15) is 35.0 Å². The summed E-state index contributed by atoms with van der Waals surface area (Å²) in [7, 11) is 0. The molecule has 1 N–H and O–H groups in total. The maximum absolute atomic E-state index is 13.7. The van der Waals surface area contributed by atoms with Gasteiger partial charge in [0.25, 0.3) is 5.91 Å². The second-order valence-electron chi connectivity index (χ2n) is 6.13. The van der Waals surface area contributed by atoms with Crippen LogP contribution in [0.5, 0.6) is 0 Å². The number of esters is 1. The van der Waals surface area contributed by atoms with E-state index in [0.717, 1.165) is 16.9 Å². The highest BCUT2D eigenvalue weighted by atomic mass is 32.1. The number of halogens is 1. The lowest BCUT2D eigenvalue weighted by molar-refractivity contribution is -0.119. The van der Waals surface area contributed by atoms with E-state index in [1.807, 2.05) is 38.1 Å². The van der Waals surface area contributed by atoms with E-state index in [-0.39, 0.29) is 16.6 Å². The van der Waals surface area contributed by atoms with Gasteiger partial charge in [0.15, 0.2) is 6.61 Å². The monoisotopic (exact) mass is 371 g/mol. The number of rotatable bonds is 5. The van der Waals surface area contributed by atoms with Crippen LogP contribution >= 0.6 is 11.3 Å². The zero-order valence-corrected chi connectivity index (χ0v) is 15.2. The standard InChI is InChI=1S/C20H18FNO3S/c1-12(2)13-6-3-4-8-16(13)22-19(23)11-25-20(24)18-10-14-15(21)7-5-9-17(14)26-18/h3-10,12H,11H2,1-2H3,(H,22,23). The Balaban J connectivity index is 1.64. The number of nitrogens with one attached hydrogen (secondary N) is 1. The zero-order valence-electron chi connectivity index (χ0n) is 14.4. The summed E-state index contributed by atoms with van der Waals surface area (Å²) in [6, 6.07) is 13.6. The number of carbonyl (C=O) groups excluding carboxylic acids is 2. The summed E-state index contributed by atoms with van der Waals surface area (Å²) in [5, 5.41) is 3.14. The minimum Gasteiger partial charge on any atom is -0.451 e. The average molecular weight is 371 g/mol. The van der Waals surface area contributed by atoms with E-state index < -0.39 is 18.5 Å². The van der Waals surface area contributed by atoms with Crippen molar-refractivity contribution in [3.8, 4) is 0 Å². The normalized spacial score (nSPS) is 10.9. The quantitative estimate of drug-likeness (QED) is 0.645. The first kappa shape index (κ1) is 18.1. The summed E-state index contributed by atoms with van der Waals surface area (Å²) < 4.78 is 19.4. The molecule has 0 saturated heterocycles. The Hall–Kier alpha value is -2.73. The fourth-order valence-corrected chi connectivity index (χ4v) is 3.60. The van der Waals surface area contributed by atoms with Crippen LogP contribution in [-0.4, -0.2) is 18.5 Å². The minimum atomic E-state index is -0.641. The van der Waals surface area contributed by atoms with Crippen LogP contribution in [0, 0.1) is 5.82 Å². The van der Waals surface area contributed by atoms with Crippen molar-refractivity contribution in [1.29, 1.82) is 0 Å². The van der Waals surface area contributed by atoms with Crippen LogP contribution in [0.25, 0.3) is 10.1 Å². The van der Waals surface area contributed by atoms with Gasteiger partial charge in [0, 0.05) is 15.8 Å². The van der Waals surface area contributed by atoms with Gasteiger partial charge in [0.2, 0.25) is 0 Å². The van der Waals surface area contributed by atoms with E-state index in [1.54, 1.807) is 12.1 Å². The molecule has 26 heavy (non-hydrogen) atoms. The SMILES string of the molecule is CC(C)c1ccccc1NC(=O)COC(=O)c1cc2c(F)cccc2s1. The van der Waals surface area contributed by atoms with Crippen LogP contribution < -0.4 is 5.32 Å². The molecule has 1 aromatic heterocycles. The van der Waals surface area contributed by atoms with Crippen LogP contribution in [0.3, 0.4) is 0 Å². The Morgan fingerprint density at radius 1 is 1.15 bits per heavy atom.